The van der Waals surface area contributed by atoms with E-state index in [0.29, 0.717) is 34.9 Å². The minimum absolute atomic E-state index is 0.0790. The standard InChI is InChI=1S/C23H23NO4/c1-3-7-15-21(25)20-13(4-2)14(23(26)27)9-10-19(20)28-22(15)17-12-16(17)18-8-5-6-11-24-18/h5-6,8-11,16-17H,3-4,7,12H2,1-2H3,(H,26,27). The second-order valence-corrected chi connectivity index (χ2v) is 7.35. The van der Waals surface area contributed by atoms with Gasteiger partial charge < -0.3 is 9.52 Å². The second kappa shape index (κ2) is 7.23. The maximum absolute atomic E-state index is 13.4. The van der Waals surface area contributed by atoms with Crippen LogP contribution in [0.4, 0.5) is 0 Å². The molecule has 144 valence electrons. The summed E-state index contributed by atoms with van der Waals surface area (Å²) in [6.45, 7) is 3.90. The summed E-state index contributed by atoms with van der Waals surface area (Å²) in [7, 11) is 0. The molecule has 0 bridgehead atoms. The summed E-state index contributed by atoms with van der Waals surface area (Å²) < 4.78 is 6.26. The molecule has 1 aliphatic carbocycles. The Balaban J connectivity index is 1.89. The van der Waals surface area contributed by atoms with Gasteiger partial charge in [-0.25, -0.2) is 4.79 Å². The van der Waals surface area contributed by atoms with E-state index in [4.69, 9.17) is 4.42 Å². The molecule has 2 aromatic heterocycles. The van der Waals surface area contributed by atoms with E-state index in [2.05, 4.69) is 4.98 Å². The van der Waals surface area contributed by atoms with E-state index in [-0.39, 0.29) is 22.8 Å². The highest BCUT2D eigenvalue weighted by molar-refractivity contribution is 5.96. The highest BCUT2D eigenvalue weighted by atomic mass is 16.4. The van der Waals surface area contributed by atoms with Gasteiger partial charge in [-0.15, -0.1) is 0 Å². The number of carbonyl (C=O) groups is 1. The Morgan fingerprint density at radius 3 is 2.64 bits per heavy atom. The number of benzene rings is 1. The van der Waals surface area contributed by atoms with Crippen molar-refractivity contribution in [1.29, 1.82) is 0 Å². The van der Waals surface area contributed by atoms with Gasteiger partial charge >= 0.3 is 5.97 Å². The molecule has 2 unspecified atom stereocenters. The highest BCUT2D eigenvalue weighted by Crippen LogP contribution is 2.55. The molecule has 1 fully saturated rings. The summed E-state index contributed by atoms with van der Waals surface area (Å²) in [5, 5.41) is 9.91. The van der Waals surface area contributed by atoms with Crippen molar-refractivity contribution in [2.75, 3.05) is 0 Å². The Kier molecular flexibility index (Phi) is 4.75. The van der Waals surface area contributed by atoms with Crippen LogP contribution in [-0.2, 0) is 12.8 Å². The van der Waals surface area contributed by atoms with Gasteiger partial charge in [0.2, 0.25) is 0 Å². The van der Waals surface area contributed by atoms with Crippen LogP contribution in [0.2, 0.25) is 0 Å². The zero-order valence-corrected chi connectivity index (χ0v) is 16.1. The summed E-state index contributed by atoms with van der Waals surface area (Å²) in [4.78, 5) is 29.4. The van der Waals surface area contributed by atoms with Crippen LogP contribution in [0.15, 0.2) is 45.7 Å². The van der Waals surface area contributed by atoms with E-state index in [0.717, 1.165) is 24.3 Å². The lowest BCUT2D eigenvalue weighted by Gasteiger charge is -2.13. The lowest BCUT2D eigenvalue weighted by molar-refractivity contribution is 0.0696. The second-order valence-electron chi connectivity index (χ2n) is 7.35. The first-order valence-electron chi connectivity index (χ1n) is 9.82. The molecule has 4 rings (SSSR count). The van der Waals surface area contributed by atoms with Crippen molar-refractivity contribution >= 4 is 16.9 Å². The first-order valence-corrected chi connectivity index (χ1v) is 9.82. The smallest absolute Gasteiger partial charge is 0.335 e. The number of hydrogen-bond acceptors (Lipinski definition) is 4. The molecule has 2 heterocycles. The number of aryl methyl sites for hydroxylation is 1. The molecule has 5 heteroatoms. The molecule has 0 amide bonds. The van der Waals surface area contributed by atoms with E-state index < -0.39 is 5.97 Å². The number of fused-ring (bicyclic) bond motifs is 1. The number of carboxylic acid groups (broad SMARTS) is 1. The third-order valence-corrected chi connectivity index (χ3v) is 5.57. The van der Waals surface area contributed by atoms with Gasteiger partial charge in [-0.05, 0) is 49.1 Å². The van der Waals surface area contributed by atoms with Crippen molar-refractivity contribution in [3.8, 4) is 0 Å². The third-order valence-electron chi connectivity index (χ3n) is 5.57. The Bertz CT molecular complexity index is 1100. The highest BCUT2D eigenvalue weighted by Gasteiger charge is 2.44. The fourth-order valence-corrected chi connectivity index (χ4v) is 4.16. The molecule has 0 radical (unpaired) electrons. The molecule has 1 N–H and O–H groups in total. The van der Waals surface area contributed by atoms with Gasteiger partial charge in [0.05, 0.1) is 10.9 Å². The molecule has 0 spiro atoms. The van der Waals surface area contributed by atoms with Crippen LogP contribution in [0.1, 0.15) is 71.5 Å². The average Bonchev–Trinajstić information content (AvgIpc) is 3.50. The number of aromatic carboxylic acids is 1. The Labute approximate surface area is 163 Å². The monoisotopic (exact) mass is 377 g/mol. The van der Waals surface area contributed by atoms with Crippen LogP contribution in [0.3, 0.4) is 0 Å². The van der Waals surface area contributed by atoms with E-state index in [1.54, 1.807) is 18.3 Å². The largest absolute Gasteiger partial charge is 0.478 e. The van der Waals surface area contributed by atoms with Crippen LogP contribution in [0, 0.1) is 0 Å². The van der Waals surface area contributed by atoms with E-state index in [1.807, 2.05) is 32.0 Å². The zero-order valence-electron chi connectivity index (χ0n) is 16.1. The lowest BCUT2D eigenvalue weighted by atomic mass is 9.96. The van der Waals surface area contributed by atoms with Crippen molar-refractivity contribution in [3.05, 3.63) is 74.9 Å². The molecular formula is C23H23NO4. The van der Waals surface area contributed by atoms with Gasteiger partial charge in [-0.3, -0.25) is 9.78 Å². The molecule has 1 aromatic carbocycles. The minimum atomic E-state index is -1.02. The van der Waals surface area contributed by atoms with Gasteiger partial charge in [0, 0.05) is 29.3 Å². The topological polar surface area (TPSA) is 80.4 Å². The van der Waals surface area contributed by atoms with Crippen LogP contribution in [0.5, 0.6) is 0 Å². The van der Waals surface area contributed by atoms with Crippen molar-refractivity contribution in [1.82, 2.24) is 4.98 Å². The quantitative estimate of drug-likeness (QED) is 0.675. The Hall–Kier alpha value is -2.95. The minimum Gasteiger partial charge on any atom is -0.478 e. The number of hydrogen-bond donors (Lipinski definition) is 1. The van der Waals surface area contributed by atoms with Crippen LogP contribution < -0.4 is 5.43 Å². The van der Waals surface area contributed by atoms with E-state index >= 15 is 0 Å². The molecule has 3 aromatic rings. The van der Waals surface area contributed by atoms with Crippen molar-refractivity contribution in [2.45, 2.75) is 51.4 Å². The molecule has 5 nitrogen and oxygen atoms in total. The molecular weight excluding hydrogens is 354 g/mol. The summed E-state index contributed by atoms with van der Waals surface area (Å²) in [5.74, 6) is 0.149. The van der Waals surface area contributed by atoms with E-state index in [1.165, 1.54) is 0 Å². The maximum Gasteiger partial charge on any atom is 0.335 e. The first-order chi connectivity index (χ1) is 13.6. The van der Waals surface area contributed by atoms with Crippen LogP contribution in [-0.4, -0.2) is 16.1 Å². The molecule has 0 aliphatic heterocycles. The predicted octanol–water partition coefficient (Wildman–Crippen LogP) is 4.67. The normalized spacial score (nSPS) is 18.4. The number of pyridine rings is 1. The summed E-state index contributed by atoms with van der Waals surface area (Å²) in [6.07, 6.45) is 4.61. The van der Waals surface area contributed by atoms with Crippen molar-refractivity contribution < 1.29 is 14.3 Å². The van der Waals surface area contributed by atoms with Crippen molar-refractivity contribution in [3.63, 3.8) is 0 Å². The zero-order chi connectivity index (χ0) is 19.8. The van der Waals surface area contributed by atoms with E-state index in [9.17, 15) is 14.7 Å². The van der Waals surface area contributed by atoms with Gasteiger partial charge in [-0.2, -0.15) is 0 Å². The molecule has 1 saturated carbocycles. The fraction of sp³-hybridized carbons (Fsp3) is 0.348. The number of rotatable bonds is 6. The summed E-state index contributed by atoms with van der Waals surface area (Å²) >= 11 is 0. The number of carboxylic acids is 1. The van der Waals surface area contributed by atoms with Crippen LogP contribution >= 0.6 is 0 Å². The average molecular weight is 377 g/mol. The molecule has 2 atom stereocenters. The maximum atomic E-state index is 13.4. The summed E-state index contributed by atoms with van der Waals surface area (Å²) in [6, 6.07) is 9.04. The lowest BCUT2D eigenvalue weighted by Crippen LogP contribution is -2.16. The van der Waals surface area contributed by atoms with Crippen molar-refractivity contribution in [2.24, 2.45) is 0 Å². The molecule has 1 aliphatic rings. The summed E-state index contributed by atoms with van der Waals surface area (Å²) in [5.41, 5.74) is 2.84. The van der Waals surface area contributed by atoms with Gasteiger partial charge in [-0.1, -0.05) is 26.3 Å². The van der Waals surface area contributed by atoms with Gasteiger partial charge in [0.1, 0.15) is 11.3 Å². The SMILES string of the molecule is CCCc1c(C2CC2c2ccccn2)oc2ccc(C(=O)O)c(CC)c2c1=O. The number of nitrogens with zero attached hydrogens (tertiary/aromatic N) is 1. The fourth-order valence-electron chi connectivity index (χ4n) is 4.16. The number of aromatic nitrogens is 1. The Morgan fingerprint density at radius 2 is 2.00 bits per heavy atom. The first kappa shape index (κ1) is 18.4. The predicted molar refractivity (Wildman–Crippen MR) is 107 cm³/mol. The third kappa shape index (κ3) is 3.01. The van der Waals surface area contributed by atoms with Gasteiger partial charge in [0.15, 0.2) is 5.43 Å². The molecule has 0 saturated heterocycles. The van der Waals surface area contributed by atoms with Crippen LogP contribution in [0.25, 0.3) is 11.0 Å². The molecule has 28 heavy (non-hydrogen) atoms. The van der Waals surface area contributed by atoms with Gasteiger partial charge in [0.25, 0.3) is 0 Å². The Morgan fingerprint density at radius 1 is 1.18 bits per heavy atom.